The van der Waals surface area contributed by atoms with Crippen molar-refractivity contribution in [3.05, 3.63) is 36.5 Å². The van der Waals surface area contributed by atoms with E-state index in [0.717, 1.165) is 13.0 Å². The molecule has 1 fully saturated rings. The molecule has 0 unspecified atom stereocenters. The SMILES string of the molecule is C1=CC=CC2(C=C1)CCCO2. The third kappa shape index (κ3) is 1.29. The summed E-state index contributed by atoms with van der Waals surface area (Å²) in [5.41, 5.74) is -0.0660. The summed E-state index contributed by atoms with van der Waals surface area (Å²) in [5.74, 6) is 0. The van der Waals surface area contributed by atoms with Gasteiger partial charge in [0.25, 0.3) is 0 Å². The maximum atomic E-state index is 5.65. The van der Waals surface area contributed by atoms with Gasteiger partial charge < -0.3 is 4.74 Å². The van der Waals surface area contributed by atoms with Gasteiger partial charge in [0.05, 0.1) is 0 Å². The normalized spacial score (nSPS) is 26.2. The third-order valence-electron chi connectivity index (χ3n) is 2.17. The van der Waals surface area contributed by atoms with Gasteiger partial charge in [0.1, 0.15) is 5.60 Å². The summed E-state index contributed by atoms with van der Waals surface area (Å²) in [5, 5.41) is 0. The van der Waals surface area contributed by atoms with E-state index in [-0.39, 0.29) is 5.60 Å². The van der Waals surface area contributed by atoms with Gasteiger partial charge in [0.2, 0.25) is 0 Å². The minimum Gasteiger partial charge on any atom is -0.367 e. The van der Waals surface area contributed by atoms with Gasteiger partial charge in [-0.05, 0) is 25.0 Å². The van der Waals surface area contributed by atoms with Gasteiger partial charge >= 0.3 is 0 Å². The Labute approximate surface area is 67.1 Å². The first-order valence-corrected chi connectivity index (χ1v) is 4.09. The highest BCUT2D eigenvalue weighted by atomic mass is 16.5. The molecule has 0 aromatic rings. The fourth-order valence-electron chi connectivity index (χ4n) is 1.57. The van der Waals surface area contributed by atoms with Gasteiger partial charge in [0, 0.05) is 6.61 Å². The first-order valence-electron chi connectivity index (χ1n) is 4.09. The highest BCUT2D eigenvalue weighted by molar-refractivity contribution is 5.27. The third-order valence-corrected chi connectivity index (χ3v) is 2.17. The van der Waals surface area contributed by atoms with E-state index in [4.69, 9.17) is 4.74 Å². The lowest BCUT2D eigenvalue weighted by Gasteiger charge is -2.18. The highest BCUT2D eigenvalue weighted by Crippen LogP contribution is 2.29. The lowest BCUT2D eigenvalue weighted by atomic mass is 10.00. The summed E-state index contributed by atoms with van der Waals surface area (Å²) in [6.07, 6.45) is 14.8. The van der Waals surface area contributed by atoms with Crippen LogP contribution in [-0.2, 0) is 4.74 Å². The van der Waals surface area contributed by atoms with Crippen LogP contribution < -0.4 is 0 Å². The summed E-state index contributed by atoms with van der Waals surface area (Å²) in [7, 11) is 0. The van der Waals surface area contributed by atoms with Crippen molar-refractivity contribution in [2.24, 2.45) is 0 Å². The number of allylic oxidation sites excluding steroid dienone is 4. The lowest BCUT2D eigenvalue weighted by Crippen LogP contribution is -2.20. The molecule has 0 amide bonds. The van der Waals surface area contributed by atoms with Crippen LogP contribution in [-0.4, -0.2) is 12.2 Å². The molecule has 0 bridgehead atoms. The van der Waals surface area contributed by atoms with Crippen molar-refractivity contribution in [1.29, 1.82) is 0 Å². The van der Waals surface area contributed by atoms with Crippen LogP contribution >= 0.6 is 0 Å². The van der Waals surface area contributed by atoms with Crippen molar-refractivity contribution < 1.29 is 4.74 Å². The molecule has 11 heavy (non-hydrogen) atoms. The molecule has 1 spiro atoms. The van der Waals surface area contributed by atoms with Crippen LogP contribution in [0.3, 0.4) is 0 Å². The predicted octanol–water partition coefficient (Wildman–Crippen LogP) is 2.22. The molecule has 0 N–H and O–H groups in total. The molecular weight excluding hydrogens is 136 g/mol. The topological polar surface area (TPSA) is 9.23 Å². The van der Waals surface area contributed by atoms with E-state index in [0.29, 0.717) is 0 Å². The molecular formula is C10H12O. The van der Waals surface area contributed by atoms with Crippen molar-refractivity contribution >= 4 is 0 Å². The Balaban J connectivity index is 2.24. The van der Waals surface area contributed by atoms with Crippen molar-refractivity contribution in [3.63, 3.8) is 0 Å². The summed E-state index contributed by atoms with van der Waals surface area (Å²) < 4.78 is 5.65. The van der Waals surface area contributed by atoms with Gasteiger partial charge in [-0.3, -0.25) is 0 Å². The van der Waals surface area contributed by atoms with Crippen molar-refractivity contribution in [3.8, 4) is 0 Å². The van der Waals surface area contributed by atoms with Crippen LogP contribution in [0.15, 0.2) is 36.5 Å². The molecule has 1 heterocycles. The van der Waals surface area contributed by atoms with Gasteiger partial charge in [-0.2, -0.15) is 0 Å². The maximum absolute atomic E-state index is 5.65. The molecule has 58 valence electrons. The molecule has 0 atom stereocenters. The monoisotopic (exact) mass is 148 g/mol. The van der Waals surface area contributed by atoms with Crippen LogP contribution in [0.25, 0.3) is 0 Å². The van der Waals surface area contributed by atoms with E-state index in [2.05, 4.69) is 24.3 Å². The average Bonchev–Trinajstić information content (AvgIpc) is 2.32. The Kier molecular flexibility index (Phi) is 1.66. The zero-order valence-electron chi connectivity index (χ0n) is 6.49. The van der Waals surface area contributed by atoms with Gasteiger partial charge in [-0.1, -0.05) is 24.3 Å². The van der Waals surface area contributed by atoms with Crippen LogP contribution in [0, 0.1) is 0 Å². The average molecular weight is 148 g/mol. The second-order valence-electron chi connectivity index (χ2n) is 3.01. The Morgan fingerprint density at radius 1 is 1.00 bits per heavy atom. The van der Waals surface area contributed by atoms with E-state index in [1.165, 1.54) is 6.42 Å². The quantitative estimate of drug-likeness (QED) is 0.511. The minimum atomic E-state index is -0.0660. The zero-order chi connectivity index (χ0) is 7.57. The molecule has 1 nitrogen and oxygen atoms in total. The number of hydrogen-bond donors (Lipinski definition) is 0. The van der Waals surface area contributed by atoms with Gasteiger partial charge in [0.15, 0.2) is 0 Å². The van der Waals surface area contributed by atoms with E-state index < -0.39 is 0 Å². The molecule has 0 aromatic carbocycles. The summed E-state index contributed by atoms with van der Waals surface area (Å²) >= 11 is 0. The molecule has 2 aliphatic rings. The Bertz CT molecular complexity index is 199. The van der Waals surface area contributed by atoms with Crippen molar-refractivity contribution in [1.82, 2.24) is 0 Å². The lowest BCUT2D eigenvalue weighted by molar-refractivity contribution is 0.0852. The van der Waals surface area contributed by atoms with Gasteiger partial charge in [-0.15, -0.1) is 0 Å². The summed E-state index contributed by atoms with van der Waals surface area (Å²) in [6.45, 7) is 0.898. The molecule has 0 radical (unpaired) electrons. The van der Waals surface area contributed by atoms with Crippen molar-refractivity contribution in [2.75, 3.05) is 6.61 Å². The number of hydrogen-bond acceptors (Lipinski definition) is 1. The van der Waals surface area contributed by atoms with E-state index in [1.807, 2.05) is 12.2 Å². The predicted molar refractivity (Wildman–Crippen MR) is 45.3 cm³/mol. The molecule has 2 rings (SSSR count). The Morgan fingerprint density at radius 2 is 1.73 bits per heavy atom. The second kappa shape index (κ2) is 2.67. The highest BCUT2D eigenvalue weighted by Gasteiger charge is 2.29. The first-order chi connectivity index (χ1) is 5.41. The molecule has 1 saturated heterocycles. The molecule has 1 heteroatoms. The zero-order valence-corrected chi connectivity index (χ0v) is 6.49. The fourth-order valence-corrected chi connectivity index (χ4v) is 1.57. The maximum Gasteiger partial charge on any atom is 0.105 e. The van der Waals surface area contributed by atoms with Crippen LogP contribution in [0.1, 0.15) is 12.8 Å². The number of ether oxygens (including phenoxy) is 1. The number of rotatable bonds is 0. The first kappa shape index (κ1) is 6.86. The van der Waals surface area contributed by atoms with Crippen LogP contribution in [0.2, 0.25) is 0 Å². The van der Waals surface area contributed by atoms with Crippen LogP contribution in [0.4, 0.5) is 0 Å². The molecule has 0 aromatic heterocycles. The fraction of sp³-hybridized carbons (Fsp3) is 0.400. The smallest absolute Gasteiger partial charge is 0.105 e. The van der Waals surface area contributed by atoms with E-state index >= 15 is 0 Å². The standard InChI is InChI=1S/C10H12O/c1-2-4-7-10(6-3-1)8-5-9-11-10/h1-4,6-7H,5,8-9H2. The Morgan fingerprint density at radius 3 is 2.27 bits per heavy atom. The summed E-state index contributed by atoms with van der Waals surface area (Å²) in [4.78, 5) is 0. The second-order valence-corrected chi connectivity index (χ2v) is 3.01. The molecule has 1 aliphatic heterocycles. The Hall–Kier alpha value is -0.820. The van der Waals surface area contributed by atoms with E-state index in [1.54, 1.807) is 0 Å². The summed E-state index contributed by atoms with van der Waals surface area (Å²) in [6, 6.07) is 0. The molecule has 1 aliphatic carbocycles. The van der Waals surface area contributed by atoms with E-state index in [9.17, 15) is 0 Å². The largest absolute Gasteiger partial charge is 0.367 e. The minimum absolute atomic E-state index is 0.0660. The van der Waals surface area contributed by atoms with Crippen molar-refractivity contribution in [2.45, 2.75) is 18.4 Å². The molecule has 0 saturated carbocycles. The van der Waals surface area contributed by atoms with Crippen LogP contribution in [0.5, 0.6) is 0 Å². The van der Waals surface area contributed by atoms with Gasteiger partial charge in [-0.25, -0.2) is 0 Å².